The maximum atomic E-state index is 11.6. The summed E-state index contributed by atoms with van der Waals surface area (Å²) < 4.78 is 0. The second kappa shape index (κ2) is 6.96. The Labute approximate surface area is 110 Å². The largest absolute Gasteiger partial charge is 0.478 e. The Kier molecular flexibility index (Phi) is 5.29. The van der Waals surface area contributed by atoms with E-state index in [4.69, 9.17) is 10.4 Å². The van der Waals surface area contributed by atoms with Crippen LogP contribution in [0.25, 0.3) is 0 Å². The Morgan fingerprint density at radius 2 is 2.32 bits per heavy atom. The van der Waals surface area contributed by atoms with Crippen molar-refractivity contribution in [1.29, 1.82) is 5.26 Å². The van der Waals surface area contributed by atoms with Crippen LogP contribution in [0.5, 0.6) is 0 Å². The van der Waals surface area contributed by atoms with E-state index in [0.717, 1.165) is 0 Å². The van der Waals surface area contributed by atoms with Crippen LogP contribution >= 0.6 is 0 Å². The normalized spacial score (nSPS) is 9.47. The van der Waals surface area contributed by atoms with Crippen LogP contribution in [0.1, 0.15) is 22.5 Å². The molecular weight excluding hydrogens is 248 g/mol. The summed E-state index contributed by atoms with van der Waals surface area (Å²) in [7, 11) is 1.58. The lowest BCUT2D eigenvalue weighted by Crippen LogP contribution is -2.37. The smallest absolute Gasteiger partial charge is 0.335 e. The number of aromatic carboxylic acids is 1. The molecule has 1 heterocycles. The number of carbonyl (C=O) groups excluding carboxylic acids is 1. The van der Waals surface area contributed by atoms with Crippen molar-refractivity contribution in [2.24, 2.45) is 0 Å². The first-order valence-electron chi connectivity index (χ1n) is 5.58. The van der Waals surface area contributed by atoms with Crippen LogP contribution in [0.15, 0.2) is 18.3 Å². The molecule has 0 spiro atoms. The zero-order valence-electron chi connectivity index (χ0n) is 10.5. The number of nitrogens with one attached hydrogen (secondary N) is 1. The van der Waals surface area contributed by atoms with Gasteiger partial charge in [-0.2, -0.15) is 5.26 Å². The van der Waals surface area contributed by atoms with E-state index in [1.54, 1.807) is 7.05 Å². The highest BCUT2D eigenvalue weighted by Crippen LogP contribution is 2.02. The number of aromatic nitrogens is 1. The zero-order chi connectivity index (χ0) is 14.3. The highest BCUT2D eigenvalue weighted by molar-refractivity contribution is 5.87. The molecule has 2 N–H and O–H groups in total. The lowest BCUT2D eigenvalue weighted by molar-refractivity contribution is 0.0696. The number of carbonyl (C=O) groups is 2. The maximum Gasteiger partial charge on any atom is 0.335 e. The van der Waals surface area contributed by atoms with E-state index in [1.807, 2.05) is 6.07 Å². The van der Waals surface area contributed by atoms with E-state index in [0.29, 0.717) is 12.2 Å². The van der Waals surface area contributed by atoms with Gasteiger partial charge in [0.15, 0.2) is 0 Å². The molecule has 0 aromatic carbocycles. The van der Waals surface area contributed by atoms with Crippen LogP contribution in [0.3, 0.4) is 0 Å². The standard InChI is InChI=1S/C12H14N4O3/c1-16(6-2-4-13)12(19)15-8-10-7-9(11(17)18)3-5-14-10/h3,5,7H,2,6,8H2,1H3,(H,15,19)(H,17,18). The predicted octanol–water partition coefficient (Wildman–Crippen LogP) is 0.835. The minimum absolute atomic E-state index is 0.122. The fourth-order valence-electron chi connectivity index (χ4n) is 1.33. The summed E-state index contributed by atoms with van der Waals surface area (Å²) in [6, 6.07) is 4.39. The number of hydrogen-bond acceptors (Lipinski definition) is 4. The number of pyridine rings is 1. The van der Waals surface area contributed by atoms with E-state index in [9.17, 15) is 9.59 Å². The molecule has 0 saturated heterocycles. The summed E-state index contributed by atoms with van der Waals surface area (Å²) >= 11 is 0. The van der Waals surface area contributed by atoms with Crippen molar-refractivity contribution in [2.45, 2.75) is 13.0 Å². The Morgan fingerprint density at radius 1 is 1.58 bits per heavy atom. The summed E-state index contributed by atoms with van der Waals surface area (Å²) in [6.07, 6.45) is 1.64. The molecule has 0 aliphatic carbocycles. The quantitative estimate of drug-likeness (QED) is 0.817. The third kappa shape index (κ3) is 4.63. The minimum atomic E-state index is -1.04. The van der Waals surface area contributed by atoms with Crippen molar-refractivity contribution < 1.29 is 14.7 Å². The number of amides is 2. The van der Waals surface area contributed by atoms with Crippen molar-refractivity contribution in [3.05, 3.63) is 29.6 Å². The molecule has 0 aliphatic heterocycles. The van der Waals surface area contributed by atoms with Crippen LogP contribution < -0.4 is 5.32 Å². The number of rotatable bonds is 5. The third-order valence-electron chi connectivity index (χ3n) is 2.39. The fraction of sp³-hybridized carbons (Fsp3) is 0.333. The topological polar surface area (TPSA) is 106 Å². The number of nitriles is 1. The lowest BCUT2D eigenvalue weighted by atomic mass is 10.2. The van der Waals surface area contributed by atoms with Crippen LogP contribution in [0.2, 0.25) is 0 Å². The molecule has 0 aliphatic rings. The Morgan fingerprint density at radius 3 is 2.95 bits per heavy atom. The molecule has 1 rings (SSSR count). The molecule has 0 unspecified atom stereocenters. The molecule has 19 heavy (non-hydrogen) atoms. The predicted molar refractivity (Wildman–Crippen MR) is 66.3 cm³/mol. The first kappa shape index (κ1) is 14.4. The maximum absolute atomic E-state index is 11.6. The van der Waals surface area contributed by atoms with Crippen molar-refractivity contribution >= 4 is 12.0 Å². The molecule has 7 heteroatoms. The summed E-state index contributed by atoms with van der Waals surface area (Å²) in [5.74, 6) is -1.04. The molecule has 0 saturated carbocycles. The van der Waals surface area contributed by atoms with Crippen LogP contribution in [-0.4, -0.2) is 40.6 Å². The molecule has 2 amide bonds. The van der Waals surface area contributed by atoms with Gasteiger partial charge in [-0.25, -0.2) is 9.59 Å². The van der Waals surface area contributed by atoms with Gasteiger partial charge in [-0.3, -0.25) is 4.98 Å². The van der Waals surface area contributed by atoms with E-state index >= 15 is 0 Å². The van der Waals surface area contributed by atoms with Gasteiger partial charge in [0.2, 0.25) is 0 Å². The molecule has 0 atom stereocenters. The summed E-state index contributed by atoms with van der Waals surface area (Å²) in [4.78, 5) is 27.7. The first-order valence-corrected chi connectivity index (χ1v) is 5.58. The van der Waals surface area contributed by atoms with Gasteiger partial charge in [0.1, 0.15) is 0 Å². The average molecular weight is 262 g/mol. The van der Waals surface area contributed by atoms with E-state index < -0.39 is 5.97 Å². The van der Waals surface area contributed by atoms with E-state index in [1.165, 1.54) is 23.2 Å². The van der Waals surface area contributed by atoms with Gasteiger partial charge in [0.05, 0.1) is 30.3 Å². The highest BCUT2D eigenvalue weighted by atomic mass is 16.4. The van der Waals surface area contributed by atoms with E-state index in [-0.39, 0.29) is 24.6 Å². The Hall–Kier alpha value is -2.62. The second-order valence-electron chi connectivity index (χ2n) is 3.83. The molecule has 0 radical (unpaired) electrons. The van der Waals surface area contributed by atoms with Gasteiger partial charge < -0.3 is 15.3 Å². The van der Waals surface area contributed by atoms with Gasteiger partial charge in [0, 0.05) is 19.8 Å². The minimum Gasteiger partial charge on any atom is -0.478 e. The van der Waals surface area contributed by atoms with Crippen molar-refractivity contribution in [3.63, 3.8) is 0 Å². The number of urea groups is 1. The summed E-state index contributed by atoms with van der Waals surface area (Å²) in [5.41, 5.74) is 0.582. The Bertz CT molecular complexity index is 510. The molecule has 100 valence electrons. The summed E-state index contributed by atoms with van der Waals surface area (Å²) in [6.45, 7) is 0.474. The van der Waals surface area contributed by atoms with Gasteiger partial charge in [0.25, 0.3) is 0 Å². The highest BCUT2D eigenvalue weighted by Gasteiger charge is 2.09. The number of nitrogens with zero attached hydrogens (tertiary/aromatic N) is 3. The molecule has 1 aromatic heterocycles. The monoisotopic (exact) mass is 262 g/mol. The number of hydrogen-bond donors (Lipinski definition) is 2. The number of carboxylic acids is 1. The molecular formula is C12H14N4O3. The first-order chi connectivity index (χ1) is 9.04. The van der Waals surface area contributed by atoms with Crippen LogP contribution in [0.4, 0.5) is 4.79 Å². The van der Waals surface area contributed by atoms with Crippen LogP contribution in [-0.2, 0) is 6.54 Å². The van der Waals surface area contributed by atoms with Crippen molar-refractivity contribution in [1.82, 2.24) is 15.2 Å². The molecule has 7 nitrogen and oxygen atoms in total. The van der Waals surface area contributed by atoms with E-state index in [2.05, 4.69) is 10.3 Å². The molecule has 0 bridgehead atoms. The Balaban J connectivity index is 2.52. The van der Waals surface area contributed by atoms with Crippen LogP contribution in [0, 0.1) is 11.3 Å². The van der Waals surface area contributed by atoms with Crippen molar-refractivity contribution in [2.75, 3.05) is 13.6 Å². The van der Waals surface area contributed by atoms with Crippen molar-refractivity contribution in [3.8, 4) is 6.07 Å². The zero-order valence-corrected chi connectivity index (χ0v) is 10.5. The van der Waals surface area contributed by atoms with Gasteiger partial charge in [-0.15, -0.1) is 0 Å². The van der Waals surface area contributed by atoms with Gasteiger partial charge >= 0.3 is 12.0 Å². The SMILES string of the molecule is CN(CCC#N)C(=O)NCc1cc(C(=O)O)ccn1. The molecule has 1 aromatic rings. The summed E-state index contributed by atoms with van der Waals surface area (Å²) in [5, 5.41) is 19.8. The molecule has 0 fully saturated rings. The average Bonchev–Trinajstić information content (AvgIpc) is 2.42. The lowest BCUT2D eigenvalue weighted by Gasteiger charge is -2.16. The number of carboxylic acid groups (broad SMARTS) is 1. The second-order valence-corrected chi connectivity index (χ2v) is 3.83. The van der Waals surface area contributed by atoms with Gasteiger partial charge in [-0.1, -0.05) is 0 Å². The van der Waals surface area contributed by atoms with Gasteiger partial charge in [-0.05, 0) is 12.1 Å². The third-order valence-corrected chi connectivity index (χ3v) is 2.39. The fourth-order valence-corrected chi connectivity index (χ4v) is 1.33.